The Labute approximate surface area is 70.3 Å². The highest BCUT2D eigenvalue weighted by Gasteiger charge is 2.19. The van der Waals surface area contributed by atoms with Crippen molar-refractivity contribution >= 4 is 22.1 Å². The van der Waals surface area contributed by atoms with Crippen LogP contribution >= 0.6 is 11.6 Å². The highest BCUT2D eigenvalue weighted by atomic mass is 35.5. The van der Waals surface area contributed by atoms with E-state index in [1.807, 2.05) is 0 Å². The molecule has 0 heterocycles. The molecule has 0 saturated heterocycles. The lowest BCUT2D eigenvalue weighted by Crippen LogP contribution is -2.26. The molecule has 0 unspecified atom stereocenters. The first-order chi connectivity index (χ1) is 4.74. The first kappa shape index (κ1) is 9.95. The number of hydrogen-bond acceptors (Lipinski definition) is 1. The summed E-state index contributed by atoms with van der Waals surface area (Å²) in [4.78, 5) is 0. The fourth-order valence-corrected chi connectivity index (χ4v) is 1.54. The molecule has 0 radical (unpaired) electrons. The fraction of sp³-hybridized carbons (Fsp3) is 0.429. The average molecular weight is 177 g/mol. The van der Waals surface area contributed by atoms with Gasteiger partial charge in [0.25, 0.3) is 0 Å². The molecule has 0 aliphatic heterocycles. The molecule has 3 heteroatoms. The predicted molar refractivity (Wildman–Crippen MR) is 49.5 cm³/mol. The molecule has 0 aliphatic carbocycles. The lowest BCUT2D eigenvalue weighted by molar-refractivity contribution is 0.187. The van der Waals surface area contributed by atoms with Crippen LogP contribution in [0.5, 0.6) is 0 Å². The zero-order chi connectivity index (χ0) is 8.04. The largest absolute Gasteiger partial charge is 0.416 e. The summed E-state index contributed by atoms with van der Waals surface area (Å²) in [5, 5.41) is 0. The van der Waals surface area contributed by atoms with E-state index in [0.29, 0.717) is 16.4 Å². The van der Waals surface area contributed by atoms with Crippen molar-refractivity contribution < 1.29 is 4.43 Å². The molecule has 58 valence electrons. The third-order valence-corrected chi connectivity index (χ3v) is 2.51. The maximum Gasteiger partial charge on any atom is 0.147 e. The van der Waals surface area contributed by atoms with Gasteiger partial charge < -0.3 is 4.43 Å². The van der Waals surface area contributed by atoms with Crippen molar-refractivity contribution in [1.29, 1.82) is 0 Å². The standard InChI is InChI=1S/C7H13ClOSi/c1-3-7(4-2,9-10)5-6-8/h3-4H,1-2,5-6H2,10H3. The maximum absolute atomic E-state index is 5.56. The van der Waals surface area contributed by atoms with E-state index < -0.39 is 0 Å². The summed E-state index contributed by atoms with van der Waals surface area (Å²) >= 11 is 5.56. The molecule has 0 atom stereocenters. The summed E-state index contributed by atoms with van der Waals surface area (Å²) in [6.45, 7) is 7.32. The highest BCUT2D eigenvalue weighted by molar-refractivity contribution is 6.17. The molecule has 0 bridgehead atoms. The van der Waals surface area contributed by atoms with E-state index in [1.54, 1.807) is 12.2 Å². The van der Waals surface area contributed by atoms with Crippen molar-refractivity contribution in [2.24, 2.45) is 0 Å². The van der Waals surface area contributed by atoms with Crippen LogP contribution in [0.4, 0.5) is 0 Å². The van der Waals surface area contributed by atoms with Gasteiger partial charge in [-0.05, 0) is 6.42 Å². The minimum Gasteiger partial charge on any atom is -0.416 e. The summed E-state index contributed by atoms with van der Waals surface area (Å²) in [7, 11) is 0.679. The molecule has 0 fully saturated rings. The lowest BCUT2D eigenvalue weighted by Gasteiger charge is -2.24. The molecule has 0 aromatic heterocycles. The number of rotatable bonds is 5. The van der Waals surface area contributed by atoms with Crippen LogP contribution in [0.1, 0.15) is 6.42 Å². The van der Waals surface area contributed by atoms with Crippen molar-refractivity contribution in [1.82, 2.24) is 0 Å². The van der Waals surface area contributed by atoms with Crippen molar-refractivity contribution in [2.75, 3.05) is 5.88 Å². The first-order valence-electron chi connectivity index (χ1n) is 3.13. The van der Waals surface area contributed by atoms with Gasteiger partial charge in [-0.3, -0.25) is 0 Å². The Bertz CT molecular complexity index is 117. The zero-order valence-electron chi connectivity index (χ0n) is 6.27. The minimum absolute atomic E-state index is 0.367. The average Bonchev–Trinajstić information content (AvgIpc) is 2.01. The SMILES string of the molecule is C=CC(C=C)(CCCl)O[SiH3]. The number of hydrogen-bond donors (Lipinski definition) is 0. The van der Waals surface area contributed by atoms with Gasteiger partial charge >= 0.3 is 0 Å². The third-order valence-electron chi connectivity index (χ3n) is 1.56. The zero-order valence-corrected chi connectivity index (χ0v) is 9.03. The van der Waals surface area contributed by atoms with Gasteiger partial charge in [0.15, 0.2) is 0 Å². The van der Waals surface area contributed by atoms with Gasteiger partial charge in [-0.15, -0.1) is 11.6 Å². The molecule has 0 rings (SSSR count). The number of halogens is 1. The van der Waals surface area contributed by atoms with Gasteiger partial charge in [0.1, 0.15) is 10.5 Å². The first-order valence-corrected chi connectivity index (χ1v) is 4.48. The highest BCUT2D eigenvalue weighted by Crippen LogP contribution is 2.17. The molecule has 10 heavy (non-hydrogen) atoms. The Morgan fingerprint density at radius 2 is 2.00 bits per heavy atom. The summed E-state index contributed by atoms with van der Waals surface area (Å²) in [6, 6.07) is 0. The molecular formula is C7H13ClOSi. The quantitative estimate of drug-likeness (QED) is 0.346. The van der Waals surface area contributed by atoms with E-state index >= 15 is 0 Å². The van der Waals surface area contributed by atoms with E-state index in [1.165, 1.54) is 0 Å². The van der Waals surface area contributed by atoms with E-state index in [-0.39, 0.29) is 5.60 Å². The van der Waals surface area contributed by atoms with Crippen LogP contribution in [0.25, 0.3) is 0 Å². The van der Waals surface area contributed by atoms with Gasteiger partial charge in [-0.1, -0.05) is 25.3 Å². The van der Waals surface area contributed by atoms with E-state index in [4.69, 9.17) is 16.0 Å². The smallest absolute Gasteiger partial charge is 0.147 e. The molecule has 0 N–H and O–H groups in total. The summed E-state index contributed by atoms with van der Waals surface area (Å²) in [5.74, 6) is 0.570. The second-order valence-corrected chi connectivity index (χ2v) is 2.79. The summed E-state index contributed by atoms with van der Waals surface area (Å²) < 4.78 is 5.30. The Morgan fingerprint density at radius 1 is 1.50 bits per heavy atom. The molecular weight excluding hydrogens is 164 g/mol. The van der Waals surface area contributed by atoms with Crippen LogP contribution in [-0.2, 0) is 4.43 Å². The van der Waals surface area contributed by atoms with E-state index in [9.17, 15) is 0 Å². The van der Waals surface area contributed by atoms with Crippen LogP contribution in [0.3, 0.4) is 0 Å². The molecule has 0 aliphatic rings. The molecule has 0 amide bonds. The maximum atomic E-state index is 5.56. The number of alkyl halides is 1. The van der Waals surface area contributed by atoms with Gasteiger partial charge in [0, 0.05) is 5.88 Å². The molecule has 1 nitrogen and oxygen atoms in total. The molecule has 0 aromatic rings. The van der Waals surface area contributed by atoms with Gasteiger partial charge in [0.2, 0.25) is 0 Å². The predicted octanol–water partition coefficient (Wildman–Crippen LogP) is 1.02. The van der Waals surface area contributed by atoms with Gasteiger partial charge in [-0.2, -0.15) is 0 Å². The monoisotopic (exact) mass is 176 g/mol. The minimum atomic E-state index is -0.367. The van der Waals surface area contributed by atoms with Gasteiger partial charge in [-0.25, -0.2) is 0 Å². The third kappa shape index (κ3) is 2.29. The van der Waals surface area contributed by atoms with E-state index in [2.05, 4.69) is 13.2 Å². The van der Waals surface area contributed by atoms with Crippen molar-refractivity contribution in [3.63, 3.8) is 0 Å². The van der Waals surface area contributed by atoms with Crippen LogP contribution in [-0.4, -0.2) is 22.0 Å². The van der Waals surface area contributed by atoms with Crippen LogP contribution < -0.4 is 0 Å². The Balaban J connectivity index is 4.14. The molecule has 0 aromatic carbocycles. The fourth-order valence-electron chi connectivity index (χ4n) is 0.704. The molecule has 0 spiro atoms. The Morgan fingerprint density at radius 3 is 2.10 bits per heavy atom. The topological polar surface area (TPSA) is 9.23 Å². The van der Waals surface area contributed by atoms with Crippen molar-refractivity contribution in [3.05, 3.63) is 25.3 Å². The Kier molecular flexibility index (Phi) is 4.69. The normalized spacial score (nSPS) is 11.3. The molecule has 0 saturated carbocycles. The Hall–Kier alpha value is -0.0531. The second-order valence-electron chi connectivity index (χ2n) is 2.01. The van der Waals surface area contributed by atoms with Crippen molar-refractivity contribution in [3.8, 4) is 0 Å². The van der Waals surface area contributed by atoms with Crippen molar-refractivity contribution in [2.45, 2.75) is 12.0 Å². The lowest BCUT2D eigenvalue weighted by atomic mass is 10.0. The van der Waals surface area contributed by atoms with E-state index in [0.717, 1.165) is 6.42 Å². The van der Waals surface area contributed by atoms with Crippen LogP contribution in [0.15, 0.2) is 25.3 Å². The van der Waals surface area contributed by atoms with Crippen LogP contribution in [0, 0.1) is 0 Å². The van der Waals surface area contributed by atoms with Gasteiger partial charge in [0.05, 0.1) is 5.60 Å². The van der Waals surface area contributed by atoms with Crippen LogP contribution in [0.2, 0.25) is 0 Å². The summed E-state index contributed by atoms with van der Waals surface area (Å²) in [6.07, 6.45) is 4.25. The summed E-state index contributed by atoms with van der Waals surface area (Å²) in [5.41, 5.74) is -0.367. The second kappa shape index (κ2) is 4.72.